The standard InChI is InChI=1S/C27H24N4O2S/c1-18-6-5-7-21(14-18)26(33)31-13-12-20-15-19(10-11-24(20)31)23-17-34-27(29-23)30-25(32)16-28-22-8-3-2-4-9-22/h2-11,14-15,17,28H,12-13,16H2,1H3,(H,29,30,32). The first-order valence-electron chi connectivity index (χ1n) is 11.1. The van der Waals surface area contributed by atoms with Gasteiger partial charge in [0.15, 0.2) is 5.13 Å². The van der Waals surface area contributed by atoms with Gasteiger partial charge in [-0.15, -0.1) is 11.3 Å². The van der Waals surface area contributed by atoms with E-state index in [4.69, 9.17) is 0 Å². The highest BCUT2D eigenvalue weighted by Crippen LogP contribution is 2.34. The number of para-hydroxylation sites is 1. The Morgan fingerprint density at radius 1 is 1.03 bits per heavy atom. The van der Waals surface area contributed by atoms with E-state index < -0.39 is 0 Å². The fraction of sp³-hybridized carbons (Fsp3) is 0.148. The lowest BCUT2D eigenvalue weighted by molar-refractivity contribution is -0.114. The molecule has 0 saturated heterocycles. The van der Waals surface area contributed by atoms with Crippen molar-refractivity contribution >= 4 is 39.7 Å². The molecule has 0 atom stereocenters. The summed E-state index contributed by atoms with van der Waals surface area (Å²) in [5.74, 6) is -0.123. The summed E-state index contributed by atoms with van der Waals surface area (Å²) in [7, 11) is 0. The van der Waals surface area contributed by atoms with Crippen LogP contribution in [0.2, 0.25) is 0 Å². The number of thiazole rings is 1. The first-order valence-corrected chi connectivity index (χ1v) is 12.0. The van der Waals surface area contributed by atoms with Crippen molar-refractivity contribution in [3.8, 4) is 11.3 Å². The van der Waals surface area contributed by atoms with E-state index in [0.717, 1.165) is 40.2 Å². The second-order valence-electron chi connectivity index (χ2n) is 8.23. The highest BCUT2D eigenvalue weighted by molar-refractivity contribution is 7.14. The zero-order valence-electron chi connectivity index (χ0n) is 18.7. The highest BCUT2D eigenvalue weighted by atomic mass is 32.1. The molecule has 34 heavy (non-hydrogen) atoms. The van der Waals surface area contributed by atoms with Crippen LogP contribution in [0.15, 0.2) is 78.2 Å². The summed E-state index contributed by atoms with van der Waals surface area (Å²) < 4.78 is 0. The minimum Gasteiger partial charge on any atom is -0.376 e. The monoisotopic (exact) mass is 468 g/mol. The molecule has 1 aliphatic rings. The minimum absolute atomic E-state index is 0.0259. The summed E-state index contributed by atoms with van der Waals surface area (Å²) in [6, 6.07) is 23.4. The molecule has 2 heterocycles. The first-order chi connectivity index (χ1) is 16.6. The Kier molecular flexibility index (Phi) is 6.10. The Bertz CT molecular complexity index is 1350. The molecule has 170 valence electrons. The van der Waals surface area contributed by atoms with Crippen molar-refractivity contribution < 1.29 is 9.59 Å². The summed E-state index contributed by atoms with van der Waals surface area (Å²) >= 11 is 1.40. The number of carbonyl (C=O) groups excluding carboxylic acids is 2. The first kappa shape index (κ1) is 21.9. The second-order valence-corrected chi connectivity index (χ2v) is 9.08. The second kappa shape index (κ2) is 9.49. The molecule has 0 spiro atoms. The van der Waals surface area contributed by atoms with Crippen molar-refractivity contribution in [3.63, 3.8) is 0 Å². The number of nitrogens with one attached hydrogen (secondary N) is 2. The molecule has 0 bridgehead atoms. The number of amides is 2. The quantitative estimate of drug-likeness (QED) is 0.399. The van der Waals surface area contributed by atoms with Crippen molar-refractivity contribution in [2.24, 2.45) is 0 Å². The largest absolute Gasteiger partial charge is 0.376 e. The van der Waals surface area contributed by atoms with Crippen LogP contribution < -0.4 is 15.5 Å². The topological polar surface area (TPSA) is 74.3 Å². The zero-order valence-corrected chi connectivity index (χ0v) is 19.6. The predicted octanol–water partition coefficient (Wildman–Crippen LogP) is 5.37. The molecular formula is C27H24N4O2S. The van der Waals surface area contributed by atoms with E-state index in [1.165, 1.54) is 11.3 Å². The third-order valence-corrected chi connectivity index (χ3v) is 6.52. The molecule has 0 radical (unpaired) electrons. The average Bonchev–Trinajstić information content (AvgIpc) is 3.49. The number of hydrogen-bond donors (Lipinski definition) is 2. The van der Waals surface area contributed by atoms with Crippen LogP contribution in [0.5, 0.6) is 0 Å². The Morgan fingerprint density at radius 2 is 1.88 bits per heavy atom. The number of aromatic nitrogens is 1. The third kappa shape index (κ3) is 4.70. The van der Waals surface area contributed by atoms with Crippen LogP contribution in [0.3, 0.4) is 0 Å². The predicted molar refractivity (Wildman–Crippen MR) is 138 cm³/mol. The fourth-order valence-corrected chi connectivity index (χ4v) is 4.81. The number of benzene rings is 3. The van der Waals surface area contributed by atoms with Crippen LogP contribution >= 0.6 is 11.3 Å². The Balaban J connectivity index is 1.25. The van der Waals surface area contributed by atoms with E-state index >= 15 is 0 Å². The van der Waals surface area contributed by atoms with Crippen LogP contribution in [0.25, 0.3) is 11.3 Å². The summed E-state index contributed by atoms with van der Waals surface area (Å²) in [5, 5.41) is 8.44. The van der Waals surface area contributed by atoms with Gasteiger partial charge in [-0.2, -0.15) is 0 Å². The van der Waals surface area contributed by atoms with Crippen LogP contribution in [-0.2, 0) is 11.2 Å². The number of anilines is 3. The van der Waals surface area contributed by atoms with Gasteiger partial charge < -0.3 is 15.5 Å². The van der Waals surface area contributed by atoms with Gasteiger partial charge in [-0.1, -0.05) is 42.0 Å². The zero-order chi connectivity index (χ0) is 23.5. The van der Waals surface area contributed by atoms with Gasteiger partial charge in [0, 0.05) is 34.4 Å². The Hall–Kier alpha value is -3.97. The summed E-state index contributed by atoms with van der Waals surface area (Å²) in [5.41, 5.74) is 6.53. The lowest BCUT2D eigenvalue weighted by Crippen LogP contribution is -2.28. The van der Waals surface area contributed by atoms with E-state index in [-0.39, 0.29) is 18.4 Å². The molecule has 0 aliphatic carbocycles. The number of nitrogens with zero attached hydrogens (tertiary/aromatic N) is 2. The van der Waals surface area contributed by atoms with Gasteiger partial charge in [-0.25, -0.2) is 4.98 Å². The van der Waals surface area contributed by atoms with E-state index in [1.54, 1.807) is 0 Å². The highest BCUT2D eigenvalue weighted by Gasteiger charge is 2.26. The van der Waals surface area contributed by atoms with Crippen molar-refractivity contribution in [2.45, 2.75) is 13.3 Å². The van der Waals surface area contributed by atoms with Crippen LogP contribution in [-0.4, -0.2) is 29.9 Å². The van der Waals surface area contributed by atoms with Gasteiger partial charge >= 0.3 is 0 Å². The van der Waals surface area contributed by atoms with Gasteiger partial charge in [-0.3, -0.25) is 9.59 Å². The number of fused-ring (bicyclic) bond motifs is 1. The van der Waals surface area contributed by atoms with Gasteiger partial charge in [0.2, 0.25) is 5.91 Å². The maximum Gasteiger partial charge on any atom is 0.258 e. The van der Waals surface area contributed by atoms with Crippen molar-refractivity contribution in [1.82, 2.24) is 4.98 Å². The molecule has 4 aromatic rings. The number of rotatable bonds is 6. The van der Waals surface area contributed by atoms with Crippen molar-refractivity contribution in [1.29, 1.82) is 0 Å². The number of hydrogen-bond acceptors (Lipinski definition) is 5. The molecule has 1 aromatic heterocycles. The van der Waals surface area contributed by atoms with Gasteiger partial charge in [0.25, 0.3) is 5.91 Å². The fourth-order valence-electron chi connectivity index (χ4n) is 4.07. The van der Waals surface area contributed by atoms with Crippen LogP contribution in [0.1, 0.15) is 21.5 Å². The van der Waals surface area contributed by atoms with E-state index in [0.29, 0.717) is 17.2 Å². The van der Waals surface area contributed by atoms with E-state index in [2.05, 4.69) is 21.7 Å². The van der Waals surface area contributed by atoms with Gasteiger partial charge in [0.1, 0.15) is 0 Å². The molecule has 1 aliphatic heterocycles. The third-order valence-electron chi connectivity index (χ3n) is 5.76. The number of aryl methyl sites for hydroxylation is 1. The molecule has 0 unspecified atom stereocenters. The van der Waals surface area contributed by atoms with Crippen LogP contribution in [0, 0.1) is 6.92 Å². The minimum atomic E-state index is -0.149. The SMILES string of the molecule is Cc1cccc(C(=O)N2CCc3cc(-c4csc(NC(=O)CNc5ccccc5)n4)ccc32)c1. The summed E-state index contributed by atoms with van der Waals surface area (Å²) in [4.78, 5) is 31.8. The van der Waals surface area contributed by atoms with E-state index in [1.807, 2.05) is 83.9 Å². The molecule has 3 aromatic carbocycles. The molecule has 5 rings (SSSR count). The molecule has 0 saturated carbocycles. The molecule has 7 heteroatoms. The molecule has 0 fully saturated rings. The van der Waals surface area contributed by atoms with E-state index in [9.17, 15) is 9.59 Å². The van der Waals surface area contributed by atoms with Gasteiger partial charge in [-0.05, 0) is 55.3 Å². The molecular weight excluding hydrogens is 444 g/mol. The Labute approximate surface area is 202 Å². The van der Waals surface area contributed by atoms with Crippen molar-refractivity contribution in [2.75, 3.05) is 28.6 Å². The summed E-state index contributed by atoms with van der Waals surface area (Å²) in [6.45, 7) is 2.83. The maximum absolute atomic E-state index is 13.0. The smallest absolute Gasteiger partial charge is 0.258 e. The molecule has 6 nitrogen and oxygen atoms in total. The lowest BCUT2D eigenvalue weighted by atomic mass is 10.1. The van der Waals surface area contributed by atoms with Crippen molar-refractivity contribution in [3.05, 3.63) is 94.9 Å². The molecule has 2 amide bonds. The van der Waals surface area contributed by atoms with Crippen LogP contribution in [0.4, 0.5) is 16.5 Å². The molecule has 2 N–H and O–H groups in total. The normalized spacial score (nSPS) is 12.3. The number of carbonyl (C=O) groups is 2. The van der Waals surface area contributed by atoms with Gasteiger partial charge in [0.05, 0.1) is 12.2 Å². The summed E-state index contributed by atoms with van der Waals surface area (Å²) in [6.07, 6.45) is 0.805. The Morgan fingerprint density at radius 3 is 2.71 bits per heavy atom. The lowest BCUT2D eigenvalue weighted by Gasteiger charge is -2.18. The maximum atomic E-state index is 13.0. The average molecular weight is 469 g/mol.